The first kappa shape index (κ1) is 14.5. The predicted molar refractivity (Wildman–Crippen MR) is 68.4 cm³/mol. The molecule has 0 spiro atoms. The van der Waals surface area contributed by atoms with E-state index in [9.17, 15) is 4.79 Å². The molecule has 1 aliphatic rings. The summed E-state index contributed by atoms with van der Waals surface area (Å²) >= 11 is 3.17. The fraction of sp³-hybridized carbons (Fsp3) is 0.500. The molecule has 17 heavy (non-hydrogen) atoms. The van der Waals surface area contributed by atoms with Crippen molar-refractivity contribution in [3.8, 4) is 0 Å². The van der Waals surface area contributed by atoms with Gasteiger partial charge in [-0.3, -0.25) is 4.79 Å². The number of rotatable bonds is 2. The van der Waals surface area contributed by atoms with E-state index in [1.54, 1.807) is 17.0 Å². The van der Waals surface area contributed by atoms with E-state index in [2.05, 4.69) is 15.9 Å². The van der Waals surface area contributed by atoms with Crippen LogP contribution in [0.25, 0.3) is 0 Å². The molecule has 1 saturated heterocycles. The van der Waals surface area contributed by atoms with E-state index in [1.165, 1.54) is 0 Å². The lowest BCUT2D eigenvalue weighted by Crippen LogP contribution is -2.48. The van der Waals surface area contributed by atoms with Gasteiger partial charge in [0.15, 0.2) is 10.4 Å². The minimum Gasteiger partial charge on any atom is -0.444 e. The Hall–Kier alpha value is -0.560. The molecule has 1 fully saturated rings. The normalized spacial score (nSPS) is 19.9. The van der Waals surface area contributed by atoms with Gasteiger partial charge in [-0.15, -0.1) is 12.4 Å². The van der Waals surface area contributed by atoms with Gasteiger partial charge in [0, 0.05) is 19.6 Å². The summed E-state index contributed by atoms with van der Waals surface area (Å²) in [5.41, 5.74) is 5.51. The van der Waals surface area contributed by atoms with Crippen LogP contribution in [0.3, 0.4) is 0 Å². The van der Waals surface area contributed by atoms with E-state index in [-0.39, 0.29) is 24.4 Å². The van der Waals surface area contributed by atoms with Gasteiger partial charge < -0.3 is 19.8 Å². The third-order valence-electron chi connectivity index (χ3n) is 2.47. The van der Waals surface area contributed by atoms with Crippen LogP contribution in [0.15, 0.2) is 21.2 Å². The average Bonchev–Trinajstić information content (AvgIpc) is 2.75. The van der Waals surface area contributed by atoms with Gasteiger partial charge in [-0.05, 0) is 28.1 Å². The lowest BCUT2D eigenvalue weighted by molar-refractivity contribution is -0.0178. The van der Waals surface area contributed by atoms with Crippen molar-refractivity contribution < 1.29 is 13.9 Å². The Kier molecular flexibility index (Phi) is 5.45. The minimum absolute atomic E-state index is 0. The van der Waals surface area contributed by atoms with Crippen molar-refractivity contribution in [3.05, 3.63) is 22.6 Å². The van der Waals surface area contributed by atoms with Gasteiger partial charge >= 0.3 is 0 Å². The third-order valence-corrected chi connectivity index (χ3v) is 2.90. The van der Waals surface area contributed by atoms with Crippen LogP contribution in [0.1, 0.15) is 10.6 Å². The number of hydrogen-bond donors (Lipinski definition) is 1. The lowest BCUT2D eigenvalue weighted by Gasteiger charge is -2.31. The Morgan fingerprint density at radius 1 is 1.59 bits per heavy atom. The molecule has 2 rings (SSSR count). The highest BCUT2D eigenvalue weighted by atomic mass is 79.9. The van der Waals surface area contributed by atoms with E-state index in [1.807, 2.05) is 0 Å². The third kappa shape index (κ3) is 3.45. The first-order valence-electron chi connectivity index (χ1n) is 5.07. The summed E-state index contributed by atoms with van der Waals surface area (Å²) < 4.78 is 11.2. The van der Waals surface area contributed by atoms with Crippen molar-refractivity contribution in [1.82, 2.24) is 4.90 Å². The average molecular weight is 326 g/mol. The van der Waals surface area contributed by atoms with Gasteiger partial charge in [-0.25, -0.2) is 0 Å². The number of halogens is 2. The number of morpholine rings is 1. The number of furan rings is 1. The molecule has 1 atom stereocenters. The summed E-state index contributed by atoms with van der Waals surface area (Å²) in [6.07, 6.45) is -0.0731. The van der Waals surface area contributed by atoms with E-state index in [0.29, 0.717) is 36.7 Å². The van der Waals surface area contributed by atoms with E-state index in [4.69, 9.17) is 14.9 Å². The summed E-state index contributed by atoms with van der Waals surface area (Å²) in [4.78, 5) is 13.7. The summed E-state index contributed by atoms with van der Waals surface area (Å²) in [5, 5.41) is 0. The van der Waals surface area contributed by atoms with Crippen LogP contribution < -0.4 is 5.73 Å². The summed E-state index contributed by atoms with van der Waals surface area (Å²) in [6, 6.07) is 3.35. The molecule has 2 heterocycles. The zero-order valence-corrected chi connectivity index (χ0v) is 11.5. The number of nitrogens with zero attached hydrogens (tertiary/aromatic N) is 1. The van der Waals surface area contributed by atoms with Crippen molar-refractivity contribution in [1.29, 1.82) is 0 Å². The fourth-order valence-corrected chi connectivity index (χ4v) is 1.94. The van der Waals surface area contributed by atoms with Gasteiger partial charge in [-0.2, -0.15) is 0 Å². The first-order chi connectivity index (χ1) is 7.70. The van der Waals surface area contributed by atoms with Crippen LogP contribution in [-0.2, 0) is 4.74 Å². The zero-order valence-electron chi connectivity index (χ0n) is 9.10. The van der Waals surface area contributed by atoms with Crippen LogP contribution in [0.4, 0.5) is 0 Å². The second kappa shape index (κ2) is 6.39. The molecular weight excluding hydrogens is 311 g/mol. The lowest BCUT2D eigenvalue weighted by atomic mass is 10.2. The molecule has 5 nitrogen and oxygen atoms in total. The molecule has 1 amide bonds. The smallest absolute Gasteiger partial charge is 0.289 e. The molecule has 1 aromatic heterocycles. The topological polar surface area (TPSA) is 68.7 Å². The molecule has 0 bridgehead atoms. The molecule has 2 N–H and O–H groups in total. The Labute approximate surface area is 114 Å². The molecule has 96 valence electrons. The SMILES string of the molecule is Cl.NCC1CN(C(=O)c2ccc(Br)o2)CCO1. The maximum absolute atomic E-state index is 12.0. The van der Waals surface area contributed by atoms with Gasteiger partial charge in [-0.1, -0.05) is 0 Å². The number of nitrogens with two attached hydrogens (primary N) is 1. The highest BCUT2D eigenvalue weighted by molar-refractivity contribution is 9.10. The first-order valence-corrected chi connectivity index (χ1v) is 5.86. The molecule has 0 aromatic carbocycles. The van der Waals surface area contributed by atoms with Crippen molar-refractivity contribution in [2.45, 2.75) is 6.10 Å². The summed E-state index contributed by atoms with van der Waals surface area (Å²) in [5.74, 6) is 0.219. The van der Waals surface area contributed by atoms with Gasteiger partial charge in [0.1, 0.15) is 0 Å². The highest BCUT2D eigenvalue weighted by Crippen LogP contribution is 2.17. The van der Waals surface area contributed by atoms with E-state index >= 15 is 0 Å². The van der Waals surface area contributed by atoms with Crippen molar-refractivity contribution >= 4 is 34.2 Å². The number of carbonyl (C=O) groups excluding carboxylic acids is 1. The van der Waals surface area contributed by atoms with E-state index in [0.717, 1.165) is 0 Å². The second-order valence-corrected chi connectivity index (χ2v) is 4.37. The Bertz CT molecular complexity index is 385. The molecule has 1 unspecified atom stereocenters. The van der Waals surface area contributed by atoms with Gasteiger partial charge in [0.2, 0.25) is 0 Å². The van der Waals surface area contributed by atoms with Crippen LogP contribution in [0, 0.1) is 0 Å². The number of amides is 1. The summed E-state index contributed by atoms with van der Waals surface area (Å²) in [6.45, 7) is 2.04. The van der Waals surface area contributed by atoms with Crippen LogP contribution in [0.2, 0.25) is 0 Å². The minimum atomic E-state index is -0.118. The quantitative estimate of drug-likeness (QED) is 0.889. The Morgan fingerprint density at radius 3 is 2.94 bits per heavy atom. The van der Waals surface area contributed by atoms with Crippen LogP contribution >= 0.6 is 28.3 Å². The summed E-state index contributed by atoms with van der Waals surface area (Å²) in [7, 11) is 0. The molecular formula is C10H14BrClN2O3. The maximum Gasteiger partial charge on any atom is 0.289 e. The van der Waals surface area contributed by atoms with Crippen LogP contribution in [0.5, 0.6) is 0 Å². The Morgan fingerprint density at radius 2 is 2.35 bits per heavy atom. The van der Waals surface area contributed by atoms with Crippen LogP contribution in [-0.4, -0.2) is 43.2 Å². The van der Waals surface area contributed by atoms with Crippen molar-refractivity contribution in [2.24, 2.45) is 5.73 Å². The molecule has 0 saturated carbocycles. The monoisotopic (exact) mass is 324 g/mol. The number of carbonyl (C=O) groups is 1. The number of ether oxygens (including phenoxy) is 1. The van der Waals surface area contributed by atoms with Gasteiger partial charge in [0.25, 0.3) is 5.91 Å². The zero-order chi connectivity index (χ0) is 11.5. The number of hydrogen-bond acceptors (Lipinski definition) is 4. The fourth-order valence-electron chi connectivity index (χ4n) is 1.63. The molecule has 0 radical (unpaired) electrons. The maximum atomic E-state index is 12.0. The van der Waals surface area contributed by atoms with E-state index < -0.39 is 0 Å². The van der Waals surface area contributed by atoms with Crippen molar-refractivity contribution in [2.75, 3.05) is 26.2 Å². The standard InChI is InChI=1S/C10H13BrN2O3.ClH/c11-9-2-1-8(16-9)10(14)13-3-4-15-7(5-12)6-13;/h1-2,7H,3-6,12H2;1H. The molecule has 1 aliphatic heterocycles. The molecule has 1 aromatic rings. The highest BCUT2D eigenvalue weighted by Gasteiger charge is 2.25. The molecule has 0 aliphatic carbocycles. The predicted octanol–water partition coefficient (Wildman–Crippen LogP) is 1.26. The largest absolute Gasteiger partial charge is 0.444 e. The van der Waals surface area contributed by atoms with Gasteiger partial charge in [0.05, 0.1) is 12.7 Å². The van der Waals surface area contributed by atoms with Crippen molar-refractivity contribution in [3.63, 3.8) is 0 Å². The second-order valence-electron chi connectivity index (χ2n) is 3.58. The Balaban J connectivity index is 0.00000144. The molecule has 7 heteroatoms.